The maximum absolute atomic E-state index is 12.4. The van der Waals surface area contributed by atoms with Gasteiger partial charge >= 0.3 is 5.97 Å². The number of methoxy groups -OCH3 is 1. The smallest absolute Gasteiger partial charge is 0.342 e. The van der Waals surface area contributed by atoms with E-state index in [-0.39, 0.29) is 12.4 Å². The minimum atomic E-state index is -0.570. The number of benzene rings is 2. The van der Waals surface area contributed by atoms with Gasteiger partial charge in [0.05, 0.1) is 7.11 Å². The average Bonchev–Trinajstić information content (AvgIpc) is 2.61. The van der Waals surface area contributed by atoms with Crippen molar-refractivity contribution in [3.05, 3.63) is 58.1 Å². The van der Waals surface area contributed by atoms with Gasteiger partial charge in [0.25, 0.3) is 0 Å². The highest BCUT2D eigenvalue weighted by molar-refractivity contribution is 7.98. The molecule has 0 saturated heterocycles. The summed E-state index contributed by atoms with van der Waals surface area (Å²) in [6, 6.07) is 9.05. The molecule has 0 amide bonds. The van der Waals surface area contributed by atoms with Crippen molar-refractivity contribution < 1.29 is 19.1 Å². The van der Waals surface area contributed by atoms with Crippen LogP contribution < -0.4 is 4.74 Å². The van der Waals surface area contributed by atoms with Gasteiger partial charge in [-0.05, 0) is 68.0 Å². The van der Waals surface area contributed by atoms with Crippen molar-refractivity contribution in [2.24, 2.45) is 0 Å². The Hall–Kier alpha value is -2.27. The number of hydrogen-bond acceptors (Lipinski definition) is 5. The fraction of sp³-hybridized carbons (Fsp3) is 0.300. The van der Waals surface area contributed by atoms with Gasteiger partial charge in [0.15, 0.2) is 6.61 Å². The Morgan fingerprint density at radius 2 is 1.64 bits per heavy atom. The molecule has 132 valence electrons. The summed E-state index contributed by atoms with van der Waals surface area (Å²) in [4.78, 5) is 25.7. The lowest BCUT2D eigenvalue weighted by atomic mass is 9.98. The summed E-state index contributed by atoms with van der Waals surface area (Å²) in [5.41, 5.74) is 3.94. The number of carbonyl (C=O) groups is 2. The van der Waals surface area contributed by atoms with E-state index in [9.17, 15) is 9.59 Å². The predicted octanol–water partition coefficient (Wildman–Crippen LogP) is 4.38. The SMILES string of the molecule is COc1cc(SC)ccc1C(=O)OCC(=O)c1cc(C)c(C)cc1C. The third-order valence-corrected chi connectivity index (χ3v) is 4.83. The first-order chi connectivity index (χ1) is 11.9. The van der Waals surface area contributed by atoms with Gasteiger partial charge in [0, 0.05) is 10.5 Å². The highest BCUT2D eigenvalue weighted by Crippen LogP contribution is 2.26. The van der Waals surface area contributed by atoms with E-state index in [0.717, 1.165) is 21.6 Å². The van der Waals surface area contributed by atoms with Gasteiger partial charge in [-0.1, -0.05) is 6.07 Å². The highest BCUT2D eigenvalue weighted by atomic mass is 32.2. The summed E-state index contributed by atoms with van der Waals surface area (Å²) >= 11 is 1.55. The predicted molar refractivity (Wildman–Crippen MR) is 100 cm³/mol. The lowest BCUT2D eigenvalue weighted by molar-refractivity contribution is 0.0471. The van der Waals surface area contributed by atoms with Crippen LogP contribution in [0.2, 0.25) is 0 Å². The van der Waals surface area contributed by atoms with Crippen LogP contribution in [-0.4, -0.2) is 31.7 Å². The number of ketones is 1. The molecule has 0 fully saturated rings. The summed E-state index contributed by atoms with van der Waals surface area (Å²) in [6.07, 6.45) is 1.94. The first-order valence-electron chi connectivity index (χ1n) is 7.87. The van der Waals surface area contributed by atoms with Crippen molar-refractivity contribution in [3.63, 3.8) is 0 Å². The first-order valence-corrected chi connectivity index (χ1v) is 9.10. The maximum Gasteiger partial charge on any atom is 0.342 e. The largest absolute Gasteiger partial charge is 0.496 e. The second-order valence-electron chi connectivity index (χ2n) is 5.82. The fourth-order valence-electron chi connectivity index (χ4n) is 2.51. The Balaban J connectivity index is 2.12. The minimum Gasteiger partial charge on any atom is -0.496 e. The third-order valence-electron chi connectivity index (χ3n) is 4.10. The zero-order valence-corrected chi connectivity index (χ0v) is 16.0. The highest BCUT2D eigenvalue weighted by Gasteiger charge is 2.17. The quantitative estimate of drug-likeness (QED) is 0.436. The normalized spacial score (nSPS) is 10.4. The molecule has 2 aromatic rings. The Labute approximate surface area is 152 Å². The number of ether oxygens (including phenoxy) is 2. The van der Waals surface area contributed by atoms with E-state index in [1.807, 2.05) is 45.2 Å². The van der Waals surface area contributed by atoms with Gasteiger partial charge in [-0.25, -0.2) is 4.79 Å². The summed E-state index contributed by atoms with van der Waals surface area (Å²) in [6.45, 7) is 5.54. The number of thioether (sulfide) groups is 1. The molecule has 0 radical (unpaired) electrons. The van der Waals surface area contributed by atoms with Crippen LogP contribution in [0, 0.1) is 20.8 Å². The third kappa shape index (κ3) is 4.42. The molecule has 2 rings (SSSR count). The molecular weight excluding hydrogens is 336 g/mol. The van der Waals surface area contributed by atoms with E-state index in [0.29, 0.717) is 16.9 Å². The molecule has 0 aliphatic carbocycles. The molecule has 2 aromatic carbocycles. The average molecular weight is 358 g/mol. The number of rotatable bonds is 6. The molecule has 0 saturated carbocycles. The number of esters is 1. The van der Waals surface area contributed by atoms with Crippen LogP contribution in [0.1, 0.15) is 37.4 Å². The Morgan fingerprint density at radius 1 is 0.960 bits per heavy atom. The Bertz CT molecular complexity index is 812. The van der Waals surface area contributed by atoms with Gasteiger partial charge in [-0.2, -0.15) is 0 Å². The van der Waals surface area contributed by atoms with Crippen molar-refractivity contribution in [2.45, 2.75) is 25.7 Å². The van der Waals surface area contributed by atoms with Crippen molar-refractivity contribution in [2.75, 3.05) is 20.0 Å². The molecule has 0 aliphatic rings. The Kier molecular flexibility index (Phi) is 6.26. The van der Waals surface area contributed by atoms with Crippen LogP contribution in [0.15, 0.2) is 35.2 Å². The molecule has 0 atom stereocenters. The van der Waals surface area contributed by atoms with Crippen LogP contribution in [0.4, 0.5) is 0 Å². The Morgan fingerprint density at radius 3 is 2.28 bits per heavy atom. The first kappa shape index (κ1) is 19.1. The van der Waals surface area contributed by atoms with Crippen LogP contribution in [0.5, 0.6) is 5.75 Å². The monoisotopic (exact) mass is 358 g/mol. The minimum absolute atomic E-state index is 0.214. The van der Waals surface area contributed by atoms with E-state index in [4.69, 9.17) is 9.47 Å². The van der Waals surface area contributed by atoms with Crippen molar-refractivity contribution >= 4 is 23.5 Å². The molecule has 0 aromatic heterocycles. The van der Waals surface area contributed by atoms with Crippen molar-refractivity contribution in [1.29, 1.82) is 0 Å². The molecular formula is C20H22O4S. The van der Waals surface area contributed by atoms with Crippen molar-refractivity contribution in [1.82, 2.24) is 0 Å². The number of Topliss-reactive ketones (excluding diaryl/α,β-unsaturated/α-hetero) is 1. The van der Waals surface area contributed by atoms with E-state index in [1.54, 1.807) is 23.9 Å². The second-order valence-corrected chi connectivity index (χ2v) is 6.70. The molecule has 4 nitrogen and oxygen atoms in total. The van der Waals surface area contributed by atoms with Gasteiger partial charge in [-0.3, -0.25) is 4.79 Å². The summed E-state index contributed by atoms with van der Waals surface area (Å²) in [5, 5.41) is 0. The second kappa shape index (κ2) is 8.21. The zero-order valence-electron chi connectivity index (χ0n) is 15.1. The summed E-state index contributed by atoms with van der Waals surface area (Å²) in [5.74, 6) is -0.348. The van der Waals surface area contributed by atoms with Crippen LogP contribution in [0.25, 0.3) is 0 Å². The molecule has 0 bridgehead atoms. The van der Waals surface area contributed by atoms with Crippen LogP contribution in [0.3, 0.4) is 0 Å². The zero-order chi connectivity index (χ0) is 18.6. The van der Waals surface area contributed by atoms with E-state index < -0.39 is 5.97 Å². The molecule has 0 unspecified atom stereocenters. The van der Waals surface area contributed by atoms with Gasteiger partial charge < -0.3 is 9.47 Å². The topological polar surface area (TPSA) is 52.6 Å². The molecule has 0 aliphatic heterocycles. The standard InChI is InChI=1S/C20H22O4S/c1-12-8-14(3)17(9-13(12)2)18(21)11-24-20(22)16-7-6-15(25-5)10-19(16)23-4/h6-10H,11H2,1-5H3. The molecule has 25 heavy (non-hydrogen) atoms. The lowest BCUT2D eigenvalue weighted by Crippen LogP contribution is -2.16. The van der Waals surface area contributed by atoms with Gasteiger partial charge in [0.1, 0.15) is 11.3 Å². The van der Waals surface area contributed by atoms with Gasteiger partial charge in [0.2, 0.25) is 5.78 Å². The molecule has 0 spiro atoms. The van der Waals surface area contributed by atoms with Gasteiger partial charge in [-0.15, -0.1) is 11.8 Å². The van der Waals surface area contributed by atoms with Crippen LogP contribution in [-0.2, 0) is 4.74 Å². The fourth-order valence-corrected chi connectivity index (χ4v) is 2.94. The number of hydrogen-bond donors (Lipinski definition) is 0. The summed E-state index contributed by atoms with van der Waals surface area (Å²) < 4.78 is 10.5. The molecule has 0 N–H and O–H groups in total. The summed E-state index contributed by atoms with van der Waals surface area (Å²) in [7, 11) is 1.50. The maximum atomic E-state index is 12.4. The van der Waals surface area contributed by atoms with Crippen molar-refractivity contribution in [3.8, 4) is 5.75 Å². The molecule has 5 heteroatoms. The number of aryl methyl sites for hydroxylation is 3. The van der Waals surface area contributed by atoms with E-state index in [2.05, 4.69) is 0 Å². The van der Waals surface area contributed by atoms with Crippen LogP contribution >= 0.6 is 11.8 Å². The lowest BCUT2D eigenvalue weighted by Gasteiger charge is -2.11. The molecule has 0 heterocycles. The van der Waals surface area contributed by atoms with E-state index in [1.165, 1.54) is 7.11 Å². The number of carbonyl (C=O) groups excluding carboxylic acids is 2. The van der Waals surface area contributed by atoms with E-state index >= 15 is 0 Å².